The summed E-state index contributed by atoms with van der Waals surface area (Å²) in [5.74, 6) is 2.82. The Hall–Kier alpha value is -17.3. The summed E-state index contributed by atoms with van der Waals surface area (Å²) < 4.78 is 7.24. The molecule has 666 valence electrons. The maximum atomic E-state index is 2.49. The van der Waals surface area contributed by atoms with Crippen molar-refractivity contribution in [2.75, 3.05) is 14.7 Å². The van der Waals surface area contributed by atoms with E-state index >= 15 is 0 Å². The molecule has 0 saturated heterocycles. The van der Waals surface area contributed by atoms with Gasteiger partial charge in [0.2, 0.25) is 0 Å². The number of aromatic nitrogens is 3. The third kappa shape index (κ3) is 15.0. The quantitative estimate of drug-likeness (QED) is 0.0964. The highest BCUT2D eigenvalue weighted by Crippen LogP contribution is 2.61. The normalized spacial score (nSPS) is 15.4. The Morgan fingerprint density at radius 3 is 1.09 bits per heavy atom. The molecule has 29 rings (SSSR count). The Bertz CT molecular complexity index is 8780. The van der Waals surface area contributed by atoms with E-state index in [1.165, 1.54) is 215 Å². The van der Waals surface area contributed by atoms with Gasteiger partial charge in [-0.15, -0.1) is 0 Å². The van der Waals surface area contributed by atoms with Crippen LogP contribution in [-0.2, 0) is 5.41 Å². The third-order valence-electron chi connectivity index (χ3n) is 30.2. The molecule has 0 aliphatic heterocycles. The summed E-state index contributed by atoms with van der Waals surface area (Å²) in [4.78, 5) is 7.21. The molecule has 4 fully saturated rings. The Balaban J connectivity index is 0.000000109. The first-order valence-corrected chi connectivity index (χ1v) is 49.4. The summed E-state index contributed by atoms with van der Waals surface area (Å²) in [6.07, 6.45) is 8.60. The van der Waals surface area contributed by atoms with Gasteiger partial charge in [-0.1, -0.05) is 340 Å². The van der Waals surface area contributed by atoms with E-state index in [4.69, 9.17) is 0 Å². The van der Waals surface area contributed by atoms with Crippen LogP contribution >= 0.6 is 0 Å². The summed E-state index contributed by atoms with van der Waals surface area (Å²) in [6.45, 7) is 0. The van der Waals surface area contributed by atoms with Gasteiger partial charge in [-0.05, 0) is 314 Å². The molecule has 0 atom stereocenters. The average molecular weight is 1790 g/mol. The lowest BCUT2D eigenvalue weighted by Crippen LogP contribution is -2.48. The van der Waals surface area contributed by atoms with Crippen molar-refractivity contribution in [3.63, 3.8) is 0 Å². The molecule has 0 N–H and O–H groups in total. The van der Waals surface area contributed by atoms with E-state index in [1.807, 2.05) is 0 Å². The lowest BCUT2D eigenvalue weighted by Gasteiger charge is -2.57. The lowest BCUT2D eigenvalue weighted by atomic mass is 9.48. The van der Waals surface area contributed by atoms with Crippen molar-refractivity contribution in [2.45, 2.75) is 43.9 Å². The Kier molecular flexibility index (Phi) is 21.1. The molecule has 4 saturated carbocycles. The highest BCUT2D eigenvalue weighted by molar-refractivity contribution is 6.27. The lowest BCUT2D eigenvalue weighted by molar-refractivity contribution is -0.00518. The number of para-hydroxylation sites is 7. The van der Waals surface area contributed by atoms with Gasteiger partial charge in [0.15, 0.2) is 0 Å². The molecule has 22 aromatic carbocycles. The van der Waals surface area contributed by atoms with E-state index in [9.17, 15) is 0 Å². The zero-order valence-electron chi connectivity index (χ0n) is 77.7. The summed E-state index contributed by atoms with van der Waals surface area (Å²) in [7, 11) is 0. The first-order valence-electron chi connectivity index (χ1n) is 49.4. The second-order valence-electron chi connectivity index (χ2n) is 38.5. The van der Waals surface area contributed by atoms with E-state index in [0.717, 1.165) is 51.9 Å². The van der Waals surface area contributed by atoms with Crippen LogP contribution in [0.5, 0.6) is 0 Å². The molecular weight excluding hydrogens is 1690 g/mol. The van der Waals surface area contributed by atoms with Crippen molar-refractivity contribution >= 4 is 160 Å². The summed E-state index contributed by atoms with van der Waals surface area (Å²) in [5, 5.41) is 17.6. The Morgan fingerprint density at radius 1 is 0.179 bits per heavy atom. The molecule has 3 heterocycles. The molecular formula is C134H100N6. The first kappa shape index (κ1) is 83.3. The van der Waals surface area contributed by atoms with E-state index in [-0.39, 0.29) is 0 Å². The minimum atomic E-state index is 0.386. The molecule has 3 aromatic heterocycles. The Morgan fingerprint density at radius 2 is 0.529 bits per heavy atom. The molecule has 0 radical (unpaired) electrons. The maximum Gasteiger partial charge on any atom is 0.0548 e. The van der Waals surface area contributed by atoms with Gasteiger partial charge in [-0.2, -0.15) is 0 Å². The van der Waals surface area contributed by atoms with Gasteiger partial charge in [0, 0.05) is 100 Å². The number of anilines is 9. The molecule has 4 aliphatic rings. The summed E-state index contributed by atoms with van der Waals surface area (Å²) >= 11 is 0. The van der Waals surface area contributed by atoms with Gasteiger partial charge in [-0.3, -0.25) is 0 Å². The predicted molar refractivity (Wildman–Crippen MR) is 593 cm³/mol. The van der Waals surface area contributed by atoms with Crippen molar-refractivity contribution < 1.29 is 0 Å². The minimum absolute atomic E-state index is 0.386. The van der Waals surface area contributed by atoms with Gasteiger partial charge in [0.25, 0.3) is 0 Å². The second-order valence-corrected chi connectivity index (χ2v) is 38.5. The highest BCUT2D eigenvalue weighted by atomic mass is 15.2. The molecule has 4 bridgehead atoms. The molecule has 6 heteroatoms. The molecule has 0 spiro atoms. The topological polar surface area (TPSA) is 24.5 Å². The predicted octanol–water partition coefficient (Wildman–Crippen LogP) is 36.8. The second kappa shape index (κ2) is 35.4. The van der Waals surface area contributed by atoms with Crippen LogP contribution in [0.1, 0.15) is 44.1 Å². The third-order valence-corrected chi connectivity index (χ3v) is 30.2. The van der Waals surface area contributed by atoms with E-state index in [2.05, 4.69) is 544 Å². The van der Waals surface area contributed by atoms with Crippen molar-refractivity contribution in [1.29, 1.82) is 0 Å². The van der Waals surface area contributed by atoms with Crippen LogP contribution in [0.2, 0.25) is 0 Å². The van der Waals surface area contributed by atoms with Crippen LogP contribution in [0.3, 0.4) is 0 Å². The number of benzene rings is 22. The van der Waals surface area contributed by atoms with Crippen molar-refractivity contribution in [3.8, 4) is 50.4 Å². The highest BCUT2D eigenvalue weighted by Gasteiger charge is 2.51. The Labute approximate surface area is 815 Å². The van der Waals surface area contributed by atoms with Crippen LogP contribution in [0.25, 0.3) is 159 Å². The fourth-order valence-corrected chi connectivity index (χ4v) is 24.4. The van der Waals surface area contributed by atoms with Crippen molar-refractivity contribution in [3.05, 3.63) is 521 Å². The van der Waals surface area contributed by atoms with E-state index in [1.54, 1.807) is 5.56 Å². The largest absolute Gasteiger partial charge is 0.310 e. The van der Waals surface area contributed by atoms with Crippen molar-refractivity contribution in [2.24, 2.45) is 17.8 Å². The van der Waals surface area contributed by atoms with Gasteiger partial charge < -0.3 is 28.4 Å². The fourth-order valence-electron chi connectivity index (χ4n) is 24.4. The van der Waals surface area contributed by atoms with Crippen LogP contribution in [0.15, 0.2) is 516 Å². The monoisotopic (exact) mass is 1790 g/mol. The van der Waals surface area contributed by atoms with Gasteiger partial charge in [0.1, 0.15) is 0 Å². The number of rotatable bonds is 16. The fraction of sp³-hybridized carbons (Fsp3) is 0.0746. The zero-order chi connectivity index (χ0) is 92.6. The van der Waals surface area contributed by atoms with E-state index < -0.39 is 0 Å². The standard InChI is InChI=1S/C50H42N2.C46H32N2.C38H26N2/c1-3-10-37(11-4-1)38-18-23-43(24-19-38)52-45-16-8-7-15-44(45)49-47(52)27-20-39-12-9-17-46(48(39)49)51(41-13-5-2-6-14-41)42-25-21-40(22-26-42)50-31-34-28-35(32-50)30-36(29-34)33-50;1-4-14-33(15-5-1)35-18-12-22-39(30-35)47(40-23-13-19-36(31-40)34-16-6-2-7-17-34)41-27-28-42-37(32-41)26-29-45-46(42)43-24-10-11-25-44(43)48(45)38-20-8-3-9-21-38;1-3-13-30(14-4-1)39(31-15-5-2-6-16-31)33-23-20-28-21-24-37-38(35(28)26-33)34-17-9-10-18-36(34)40(37)32-22-19-27-11-7-8-12-29(27)25-32/h1-27,34-36H,28-33H2;1-32H;1-26H. The van der Waals surface area contributed by atoms with Crippen LogP contribution < -0.4 is 14.7 Å². The van der Waals surface area contributed by atoms with Gasteiger partial charge in [-0.25, -0.2) is 0 Å². The molecule has 0 amide bonds. The van der Waals surface area contributed by atoms with Gasteiger partial charge in [0.05, 0.1) is 38.8 Å². The molecule has 0 unspecified atom stereocenters. The number of fused-ring (bicyclic) bond motifs is 16. The van der Waals surface area contributed by atoms with E-state index in [0.29, 0.717) is 5.41 Å². The molecule has 4 aliphatic carbocycles. The maximum absolute atomic E-state index is 2.49. The van der Waals surface area contributed by atoms with Gasteiger partial charge >= 0.3 is 0 Å². The first-order chi connectivity index (χ1) is 69.4. The zero-order valence-corrected chi connectivity index (χ0v) is 77.7. The average Bonchev–Trinajstić information content (AvgIpc) is 1.54. The summed E-state index contributed by atoms with van der Waals surface area (Å²) in [6, 6.07) is 187. The number of hydrogen-bond donors (Lipinski definition) is 0. The summed E-state index contributed by atoms with van der Waals surface area (Å²) in [5.41, 5.74) is 30.4. The molecule has 25 aromatic rings. The van der Waals surface area contributed by atoms with Crippen LogP contribution in [-0.4, -0.2) is 13.7 Å². The van der Waals surface area contributed by atoms with Crippen molar-refractivity contribution in [1.82, 2.24) is 13.7 Å². The minimum Gasteiger partial charge on any atom is -0.310 e. The molecule has 6 nitrogen and oxygen atoms in total. The molecule has 140 heavy (non-hydrogen) atoms. The van der Waals surface area contributed by atoms with Crippen LogP contribution in [0.4, 0.5) is 51.2 Å². The SMILES string of the molecule is c1ccc(-c2ccc(-n3c4ccccc4c4c5c(N(c6ccccc6)c6ccc(C78CC9CC(CC(C9)C7)C8)cc6)cccc5ccc43)cc2)cc1.c1ccc(-c2cccc(N(c3cccc(-c4ccccc4)c3)c3ccc4c(ccc5c4c4ccccc4n5-c4ccccc4)c3)c2)cc1.c1ccc(N(c2ccccc2)c2ccc3ccc4c(c3c2)c2ccccc2n4-c2ccc3ccccc3c2)cc1. The smallest absolute Gasteiger partial charge is 0.0548 e. The number of nitrogens with zero attached hydrogens (tertiary/aromatic N) is 6. The van der Waals surface area contributed by atoms with Crippen LogP contribution in [0, 0.1) is 17.8 Å². The number of hydrogen-bond acceptors (Lipinski definition) is 3.